The summed E-state index contributed by atoms with van der Waals surface area (Å²) in [4.78, 5) is 37.0. The van der Waals surface area contributed by atoms with Gasteiger partial charge >= 0.3 is 11.9 Å². The van der Waals surface area contributed by atoms with Crippen molar-refractivity contribution < 1.29 is 42.9 Å². The van der Waals surface area contributed by atoms with E-state index < -0.39 is 24.3 Å². The number of quaternary nitrogens is 1. The molecule has 0 N–H and O–H groups in total. The molecule has 0 radical (unpaired) electrons. The molecule has 0 aromatic carbocycles. The van der Waals surface area contributed by atoms with Crippen LogP contribution in [-0.2, 0) is 33.3 Å². The third kappa shape index (κ3) is 40.5. The van der Waals surface area contributed by atoms with Crippen LogP contribution in [0.5, 0.6) is 0 Å². The molecule has 56 heavy (non-hydrogen) atoms. The number of likely N-dealkylation sites (N-methyl/N-ethyl adjacent to an activating group) is 1. The van der Waals surface area contributed by atoms with Crippen LogP contribution in [0.2, 0.25) is 0 Å². The van der Waals surface area contributed by atoms with Crippen LogP contribution < -0.4 is 5.11 Å². The monoisotopic (exact) mass is 798 g/mol. The minimum absolute atomic E-state index is 0.153. The van der Waals surface area contributed by atoms with Gasteiger partial charge in [-0.15, -0.1) is 0 Å². The lowest BCUT2D eigenvalue weighted by atomic mass is 10.0. The number of ether oxygens (including phenoxy) is 4. The minimum atomic E-state index is -1.61. The summed E-state index contributed by atoms with van der Waals surface area (Å²) in [5.74, 6) is -2.26. The van der Waals surface area contributed by atoms with E-state index in [1.165, 1.54) is 161 Å². The molecule has 332 valence electrons. The number of unbranched alkanes of at least 4 members (excludes halogenated alkanes) is 29. The number of esters is 2. The number of hydrogen-bond donors (Lipinski definition) is 0. The van der Waals surface area contributed by atoms with E-state index in [9.17, 15) is 19.5 Å². The van der Waals surface area contributed by atoms with Gasteiger partial charge in [0.05, 0.1) is 40.3 Å². The third-order valence-electron chi connectivity index (χ3n) is 10.6. The Morgan fingerprint density at radius 2 is 0.804 bits per heavy atom. The van der Waals surface area contributed by atoms with Gasteiger partial charge in [0.25, 0.3) is 0 Å². The van der Waals surface area contributed by atoms with Crippen LogP contribution in [0.3, 0.4) is 0 Å². The fourth-order valence-corrected chi connectivity index (χ4v) is 6.89. The van der Waals surface area contributed by atoms with Crippen molar-refractivity contribution in [2.24, 2.45) is 0 Å². The largest absolute Gasteiger partial charge is 0.545 e. The number of nitrogens with zero attached hydrogens (tertiary/aromatic N) is 1. The standard InChI is InChI=1S/C47H91NO8/c1-6-8-10-12-14-16-18-20-21-22-23-24-25-26-28-30-32-34-36-38-45(50)56-43(42-55-47(46(51)52)53-40-39-48(3,4)5)41-54-44(49)37-35-33-31-29-27-19-17-15-13-11-9-7-2/h43,47H,6-42H2,1-5H3. The molecule has 2 unspecified atom stereocenters. The third-order valence-corrected chi connectivity index (χ3v) is 10.6. The van der Waals surface area contributed by atoms with Crippen molar-refractivity contribution in [1.82, 2.24) is 0 Å². The number of aliphatic carboxylic acids is 1. The quantitative estimate of drug-likeness (QED) is 0.0259. The molecular formula is C47H91NO8. The van der Waals surface area contributed by atoms with E-state index in [1.807, 2.05) is 21.1 Å². The summed E-state index contributed by atoms with van der Waals surface area (Å²) in [6.45, 7) is 4.77. The molecule has 0 aliphatic carbocycles. The van der Waals surface area contributed by atoms with Crippen molar-refractivity contribution >= 4 is 17.9 Å². The van der Waals surface area contributed by atoms with Crippen LogP contribution in [0.1, 0.15) is 226 Å². The zero-order valence-corrected chi connectivity index (χ0v) is 37.5. The Labute approximate surface area is 345 Å². The first kappa shape index (κ1) is 54.3. The van der Waals surface area contributed by atoms with Gasteiger partial charge in [0.15, 0.2) is 12.4 Å². The van der Waals surface area contributed by atoms with Gasteiger partial charge in [-0.25, -0.2) is 0 Å². The van der Waals surface area contributed by atoms with Crippen molar-refractivity contribution in [3.63, 3.8) is 0 Å². The SMILES string of the molecule is CCCCCCCCCCCCCCCCCCCCCC(=O)OC(COC(=O)CCCCCCCCCCCCCC)COC(OCC[N+](C)(C)C)C(=O)[O-]. The van der Waals surface area contributed by atoms with Gasteiger partial charge in [-0.1, -0.05) is 200 Å². The van der Waals surface area contributed by atoms with Gasteiger partial charge in [-0.3, -0.25) is 9.59 Å². The molecule has 0 aromatic rings. The second-order valence-electron chi connectivity index (χ2n) is 17.4. The highest BCUT2D eigenvalue weighted by atomic mass is 16.7. The smallest absolute Gasteiger partial charge is 0.306 e. The van der Waals surface area contributed by atoms with Gasteiger partial charge < -0.3 is 33.3 Å². The van der Waals surface area contributed by atoms with Crippen molar-refractivity contribution in [3.05, 3.63) is 0 Å². The zero-order chi connectivity index (χ0) is 41.4. The maximum Gasteiger partial charge on any atom is 0.306 e. The van der Waals surface area contributed by atoms with E-state index >= 15 is 0 Å². The lowest BCUT2D eigenvalue weighted by Gasteiger charge is -2.26. The molecule has 0 amide bonds. The van der Waals surface area contributed by atoms with E-state index in [4.69, 9.17) is 18.9 Å². The molecule has 0 aliphatic rings. The van der Waals surface area contributed by atoms with Crippen LogP contribution >= 0.6 is 0 Å². The predicted octanol–water partition coefficient (Wildman–Crippen LogP) is 11.2. The molecule has 2 atom stereocenters. The van der Waals surface area contributed by atoms with Crippen LogP contribution in [0.4, 0.5) is 0 Å². The lowest BCUT2D eigenvalue weighted by molar-refractivity contribution is -0.870. The zero-order valence-electron chi connectivity index (χ0n) is 37.5. The second kappa shape index (κ2) is 40.1. The lowest BCUT2D eigenvalue weighted by Crippen LogP contribution is -2.44. The van der Waals surface area contributed by atoms with E-state index in [0.29, 0.717) is 17.4 Å². The van der Waals surface area contributed by atoms with Gasteiger partial charge in [-0.05, 0) is 12.8 Å². The van der Waals surface area contributed by atoms with Gasteiger partial charge in [0.2, 0.25) is 0 Å². The summed E-state index contributed by atoms with van der Waals surface area (Å²) >= 11 is 0. The molecule has 9 heteroatoms. The summed E-state index contributed by atoms with van der Waals surface area (Å²) in [7, 11) is 5.92. The highest BCUT2D eigenvalue weighted by Gasteiger charge is 2.21. The molecule has 0 bridgehead atoms. The molecule has 0 rings (SSSR count). The Balaban J connectivity index is 4.33. The average molecular weight is 798 g/mol. The van der Waals surface area contributed by atoms with Gasteiger partial charge in [-0.2, -0.15) is 0 Å². The number of hydrogen-bond acceptors (Lipinski definition) is 8. The first-order chi connectivity index (χ1) is 27.1. The first-order valence-corrected chi connectivity index (χ1v) is 23.7. The summed E-state index contributed by atoms with van der Waals surface area (Å²) in [5.41, 5.74) is 0. The van der Waals surface area contributed by atoms with Crippen molar-refractivity contribution in [3.8, 4) is 0 Å². The van der Waals surface area contributed by atoms with E-state index in [0.717, 1.165) is 38.5 Å². The highest BCUT2D eigenvalue weighted by Crippen LogP contribution is 2.16. The summed E-state index contributed by atoms with van der Waals surface area (Å²) < 4.78 is 22.6. The van der Waals surface area contributed by atoms with E-state index in [2.05, 4.69) is 13.8 Å². The molecule has 0 fully saturated rings. The molecule has 0 saturated heterocycles. The van der Waals surface area contributed by atoms with Crippen LogP contribution in [0.25, 0.3) is 0 Å². The highest BCUT2D eigenvalue weighted by molar-refractivity contribution is 5.70. The van der Waals surface area contributed by atoms with Crippen LogP contribution in [0, 0.1) is 0 Å². The Kier molecular flexibility index (Phi) is 38.9. The number of carbonyl (C=O) groups excluding carboxylic acids is 3. The molecular weight excluding hydrogens is 707 g/mol. The maximum atomic E-state index is 12.8. The fourth-order valence-electron chi connectivity index (χ4n) is 6.89. The number of rotatable bonds is 44. The molecule has 0 aromatic heterocycles. The van der Waals surface area contributed by atoms with E-state index in [-0.39, 0.29) is 32.2 Å². The maximum absolute atomic E-state index is 12.8. The topological polar surface area (TPSA) is 111 Å². The van der Waals surface area contributed by atoms with Crippen molar-refractivity contribution in [2.75, 3.05) is 47.5 Å². The minimum Gasteiger partial charge on any atom is -0.545 e. The Morgan fingerprint density at radius 1 is 0.464 bits per heavy atom. The van der Waals surface area contributed by atoms with Crippen molar-refractivity contribution in [2.45, 2.75) is 238 Å². The Hall–Kier alpha value is -1.71. The normalized spacial score (nSPS) is 12.8. The molecule has 0 heterocycles. The first-order valence-electron chi connectivity index (χ1n) is 23.7. The fraction of sp³-hybridized carbons (Fsp3) is 0.936. The predicted molar refractivity (Wildman–Crippen MR) is 228 cm³/mol. The van der Waals surface area contributed by atoms with Gasteiger partial charge in [0.1, 0.15) is 13.2 Å². The van der Waals surface area contributed by atoms with Crippen LogP contribution in [0.15, 0.2) is 0 Å². The van der Waals surface area contributed by atoms with Crippen LogP contribution in [-0.4, -0.2) is 82.3 Å². The summed E-state index contributed by atoms with van der Waals surface area (Å²) in [5, 5.41) is 11.7. The summed E-state index contributed by atoms with van der Waals surface area (Å²) in [6.07, 6.45) is 37.0. The molecule has 0 spiro atoms. The van der Waals surface area contributed by atoms with E-state index in [1.54, 1.807) is 0 Å². The number of carboxylic acids is 1. The average Bonchev–Trinajstić information content (AvgIpc) is 3.15. The molecule has 9 nitrogen and oxygen atoms in total. The Morgan fingerprint density at radius 3 is 1.14 bits per heavy atom. The molecule has 0 saturated carbocycles. The van der Waals surface area contributed by atoms with Crippen molar-refractivity contribution in [1.29, 1.82) is 0 Å². The Bertz CT molecular complexity index is 892. The summed E-state index contributed by atoms with van der Waals surface area (Å²) in [6, 6.07) is 0. The molecule has 0 aliphatic heterocycles. The van der Waals surface area contributed by atoms with Gasteiger partial charge in [0, 0.05) is 12.8 Å². The second-order valence-corrected chi connectivity index (χ2v) is 17.4. The number of carboxylic acid groups (broad SMARTS) is 1. The number of carbonyl (C=O) groups is 3.